The van der Waals surface area contributed by atoms with Crippen molar-refractivity contribution in [3.05, 3.63) is 29.8 Å². The van der Waals surface area contributed by atoms with Crippen LogP contribution in [-0.4, -0.2) is 39.5 Å². The maximum Gasteiger partial charge on any atom is 0.119 e. The van der Waals surface area contributed by atoms with Crippen LogP contribution in [0.3, 0.4) is 0 Å². The van der Waals surface area contributed by atoms with E-state index >= 15 is 0 Å². The van der Waals surface area contributed by atoms with E-state index < -0.39 is 0 Å². The monoisotopic (exact) mass is 251 g/mol. The van der Waals surface area contributed by atoms with E-state index in [-0.39, 0.29) is 6.10 Å². The number of benzene rings is 1. The molecule has 0 radical (unpaired) electrons. The van der Waals surface area contributed by atoms with Crippen molar-refractivity contribution >= 4 is 0 Å². The SMILES string of the molecule is COCCOc1ccc(C2CNC(C)CO2)cc1. The summed E-state index contributed by atoms with van der Waals surface area (Å²) in [5.74, 6) is 0.868. The third kappa shape index (κ3) is 3.70. The molecule has 0 saturated carbocycles. The molecule has 1 saturated heterocycles. The first kappa shape index (κ1) is 13.3. The summed E-state index contributed by atoms with van der Waals surface area (Å²) < 4.78 is 16.3. The Morgan fingerprint density at radius 2 is 2.06 bits per heavy atom. The van der Waals surface area contributed by atoms with Crippen molar-refractivity contribution in [2.45, 2.75) is 19.1 Å². The second-order valence-corrected chi connectivity index (χ2v) is 4.54. The highest BCUT2D eigenvalue weighted by Crippen LogP contribution is 2.22. The molecule has 2 atom stereocenters. The minimum Gasteiger partial charge on any atom is -0.491 e. The molecule has 18 heavy (non-hydrogen) atoms. The van der Waals surface area contributed by atoms with E-state index in [1.165, 1.54) is 5.56 Å². The van der Waals surface area contributed by atoms with E-state index in [9.17, 15) is 0 Å². The van der Waals surface area contributed by atoms with Gasteiger partial charge < -0.3 is 19.5 Å². The minimum absolute atomic E-state index is 0.147. The first-order valence-electron chi connectivity index (χ1n) is 6.36. The van der Waals surface area contributed by atoms with Gasteiger partial charge in [0, 0.05) is 19.7 Å². The lowest BCUT2D eigenvalue weighted by Crippen LogP contribution is -2.40. The zero-order valence-corrected chi connectivity index (χ0v) is 11.0. The molecule has 1 aromatic rings. The lowest BCUT2D eigenvalue weighted by atomic mass is 10.1. The molecule has 0 spiro atoms. The molecule has 1 fully saturated rings. The Hall–Kier alpha value is -1.10. The van der Waals surface area contributed by atoms with E-state index in [0.29, 0.717) is 19.3 Å². The third-order valence-electron chi connectivity index (χ3n) is 3.01. The molecule has 1 aliphatic rings. The van der Waals surface area contributed by atoms with Crippen LogP contribution in [0.4, 0.5) is 0 Å². The molecule has 1 N–H and O–H groups in total. The largest absolute Gasteiger partial charge is 0.491 e. The molecule has 2 unspecified atom stereocenters. The summed E-state index contributed by atoms with van der Waals surface area (Å²) in [6.45, 7) is 4.94. The number of methoxy groups -OCH3 is 1. The Bertz CT molecular complexity index is 345. The fraction of sp³-hybridized carbons (Fsp3) is 0.571. The second-order valence-electron chi connectivity index (χ2n) is 4.54. The Balaban J connectivity index is 1.87. The summed E-state index contributed by atoms with van der Waals surface area (Å²) in [6, 6.07) is 8.52. The third-order valence-corrected chi connectivity index (χ3v) is 3.01. The van der Waals surface area contributed by atoms with Gasteiger partial charge in [0.05, 0.1) is 19.3 Å². The molecule has 4 heteroatoms. The summed E-state index contributed by atoms with van der Waals surface area (Å²) in [5, 5.41) is 3.41. The predicted octanol–water partition coefficient (Wildman–Crippen LogP) is 1.76. The van der Waals surface area contributed by atoms with Crippen molar-refractivity contribution in [1.82, 2.24) is 5.32 Å². The molecular weight excluding hydrogens is 230 g/mol. The predicted molar refractivity (Wildman–Crippen MR) is 70.0 cm³/mol. The first-order chi connectivity index (χ1) is 8.79. The van der Waals surface area contributed by atoms with Crippen molar-refractivity contribution < 1.29 is 14.2 Å². The first-order valence-corrected chi connectivity index (χ1v) is 6.36. The second kappa shape index (κ2) is 6.73. The number of rotatable bonds is 5. The van der Waals surface area contributed by atoms with Gasteiger partial charge in [0.15, 0.2) is 0 Å². The van der Waals surface area contributed by atoms with Gasteiger partial charge in [-0.05, 0) is 24.6 Å². The number of hydrogen-bond acceptors (Lipinski definition) is 4. The van der Waals surface area contributed by atoms with Gasteiger partial charge in [-0.2, -0.15) is 0 Å². The van der Waals surface area contributed by atoms with E-state index in [1.54, 1.807) is 7.11 Å². The molecule has 1 aliphatic heterocycles. The van der Waals surface area contributed by atoms with Crippen molar-refractivity contribution in [1.29, 1.82) is 0 Å². The molecule has 1 heterocycles. The Morgan fingerprint density at radius 1 is 1.28 bits per heavy atom. The van der Waals surface area contributed by atoms with Crippen molar-refractivity contribution in [3.63, 3.8) is 0 Å². The van der Waals surface area contributed by atoms with Crippen LogP contribution in [0.1, 0.15) is 18.6 Å². The Morgan fingerprint density at radius 3 is 2.67 bits per heavy atom. The number of nitrogens with one attached hydrogen (secondary N) is 1. The minimum atomic E-state index is 0.147. The molecule has 100 valence electrons. The molecule has 4 nitrogen and oxygen atoms in total. The zero-order chi connectivity index (χ0) is 12.8. The highest BCUT2D eigenvalue weighted by molar-refractivity contribution is 5.29. The summed E-state index contributed by atoms with van der Waals surface area (Å²) in [4.78, 5) is 0. The number of morpholine rings is 1. The maximum absolute atomic E-state index is 5.79. The Kier molecular flexibility index (Phi) is 4.99. The van der Waals surface area contributed by atoms with E-state index in [2.05, 4.69) is 24.4 Å². The van der Waals surface area contributed by atoms with Gasteiger partial charge in [0.1, 0.15) is 12.4 Å². The quantitative estimate of drug-likeness (QED) is 0.810. The van der Waals surface area contributed by atoms with Gasteiger partial charge in [-0.25, -0.2) is 0 Å². The summed E-state index contributed by atoms with van der Waals surface area (Å²) >= 11 is 0. The molecule has 0 amide bonds. The van der Waals surface area contributed by atoms with Gasteiger partial charge >= 0.3 is 0 Å². The van der Waals surface area contributed by atoms with Crippen LogP contribution >= 0.6 is 0 Å². The topological polar surface area (TPSA) is 39.7 Å². The van der Waals surface area contributed by atoms with Gasteiger partial charge in [-0.1, -0.05) is 12.1 Å². The molecule has 0 bridgehead atoms. The number of hydrogen-bond donors (Lipinski definition) is 1. The van der Waals surface area contributed by atoms with E-state index in [1.807, 2.05) is 12.1 Å². The maximum atomic E-state index is 5.79. The highest BCUT2D eigenvalue weighted by Gasteiger charge is 2.19. The lowest BCUT2D eigenvalue weighted by molar-refractivity contribution is 0.00692. The standard InChI is InChI=1S/C14H21NO3/c1-11-10-18-14(9-15-11)12-3-5-13(6-4-12)17-8-7-16-2/h3-6,11,14-15H,7-10H2,1-2H3. The van der Waals surface area contributed by atoms with E-state index in [0.717, 1.165) is 18.9 Å². The van der Waals surface area contributed by atoms with Gasteiger partial charge in [0.25, 0.3) is 0 Å². The van der Waals surface area contributed by atoms with Crippen LogP contribution in [0.5, 0.6) is 5.75 Å². The van der Waals surface area contributed by atoms with Crippen LogP contribution in [-0.2, 0) is 9.47 Å². The molecule has 2 rings (SSSR count). The fourth-order valence-electron chi connectivity index (χ4n) is 1.92. The number of ether oxygens (including phenoxy) is 3. The molecule has 1 aromatic carbocycles. The Labute approximate surface area is 108 Å². The molecule has 0 aromatic heterocycles. The zero-order valence-electron chi connectivity index (χ0n) is 11.0. The van der Waals surface area contributed by atoms with Crippen molar-refractivity contribution in [2.75, 3.05) is 33.5 Å². The average Bonchev–Trinajstić information content (AvgIpc) is 2.41. The fourth-order valence-corrected chi connectivity index (χ4v) is 1.92. The van der Waals surface area contributed by atoms with Crippen molar-refractivity contribution in [2.24, 2.45) is 0 Å². The van der Waals surface area contributed by atoms with Crippen LogP contribution in [0, 0.1) is 0 Å². The van der Waals surface area contributed by atoms with Crippen molar-refractivity contribution in [3.8, 4) is 5.75 Å². The summed E-state index contributed by atoms with van der Waals surface area (Å²) in [6.07, 6.45) is 0.147. The van der Waals surface area contributed by atoms with Gasteiger partial charge in [0.2, 0.25) is 0 Å². The average molecular weight is 251 g/mol. The highest BCUT2D eigenvalue weighted by atomic mass is 16.5. The van der Waals surface area contributed by atoms with Gasteiger partial charge in [-0.3, -0.25) is 0 Å². The van der Waals surface area contributed by atoms with Gasteiger partial charge in [-0.15, -0.1) is 0 Å². The van der Waals surface area contributed by atoms with Crippen LogP contribution < -0.4 is 10.1 Å². The van der Waals surface area contributed by atoms with E-state index in [4.69, 9.17) is 14.2 Å². The normalized spacial score (nSPS) is 23.9. The van der Waals surface area contributed by atoms with Crippen LogP contribution in [0.25, 0.3) is 0 Å². The van der Waals surface area contributed by atoms with Crippen LogP contribution in [0.15, 0.2) is 24.3 Å². The molecule has 0 aliphatic carbocycles. The molecular formula is C14H21NO3. The summed E-state index contributed by atoms with van der Waals surface area (Å²) in [7, 11) is 1.67. The summed E-state index contributed by atoms with van der Waals surface area (Å²) in [5.41, 5.74) is 1.19. The smallest absolute Gasteiger partial charge is 0.119 e. The van der Waals surface area contributed by atoms with Crippen LogP contribution in [0.2, 0.25) is 0 Å². The lowest BCUT2D eigenvalue weighted by Gasteiger charge is -2.28.